The molecule has 0 aliphatic heterocycles. The van der Waals surface area contributed by atoms with Crippen molar-refractivity contribution in [2.24, 2.45) is 0 Å². The highest BCUT2D eigenvalue weighted by Crippen LogP contribution is 2.28. The maximum absolute atomic E-state index is 12.4. The SMILES string of the molecule is Cc1ccc(OC(F)F)c(NC(=O)Cn2nc([N+](=O)[O-])c(Cl)c2C)c1. The van der Waals surface area contributed by atoms with Crippen LogP contribution in [0.5, 0.6) is 5.75 Å². The molecule has 1 heterocycles. The molecule has 0 saturated carbocycles. The summed E-state index contributed by atoms with van der Waals surface area (Å²) in [6.45, 7) is -0.259. The number of hydrogen-bond donors (Lipinski definition) is 1. The quantitative estimate of drug-likeness (QED) is 0.617. The van der Waals surface area contributed by atoms with Gasteiger partial charge in [-0.25, -0.2) is 0 Å². The maximum Gasteiger partial charge on any atom is 0.408 e. The molecule has 0 spiro atoms. The van der Waals surface area contributed by atoms with E-state index in [1.54, 1.807) is 13.0 Å². The highest BCUT2D eigenvalue weighted by Gasteiger charge is 2.25. The number of amides is 1. The summed E-state index contributed by atoms with van der Waals surface area (Å²) in [5.41, 5.74) is 0.999. The monoisotopic (exact) mass is 374 g/mol. The Hall–Kier alpha value is -2.75. The van der Waals surface area contributed by atoms with Crippen molar-refractivity contribution in [3.63, 3.8) is 0 Å². The van der Waals surface area contributed by atoms with Crippen molar-refractivity contribution in [2.45, 2.75) is 27.0 Å². The van der Waals surface area contributed by atoms with Gasteiger partial charge in [-0.1, -0.05) is 17.7 Å². The van der Waals surface area contributed by atoms with E-state index in [1.807, 2.05) is 0 Å². The molecule has 2 aromatic rings. The first-order valence-corrected chi connectivity index (χ1v) is 7.29. The lowest BCUT2D eigenvalue weighted by molar-refractivity contribution is -0.389. The Morgan fingerprint density at radius 2 is 2.16 bits per heavy atom. The van der Waals surface area contributed by atoms with E-state index in [0.717, 1.165) is 4.68 Å². The number of aromatic nitrogens is 2. The minimum Gasteiger partial charge on any atom is -0.433 e. The van der Waals surface area contributed by atoms with Gasteiger partial charge in [0.2, 0.25) is 5.91 Å². The zero-order chi connectivity index (χ0) is 18.7. The molecule has 0 bridgehead atoms. The smallest absolute Gasteiger partial charge is 0.408 e. The first kappa shape index (κ1) is 18.6. The maximum atomic E-state index is 12.4. The highest BCUT2D eigenvalue weighted by molar-refractivity contribution is 6.33. The molecule has 1 amide bonds. The fraction of sp³-hybridized carbons (Fsp3) is 0.286. The fourth-order valence-corrected chi connectivity index (χ4v) is 2.25. The summed E-state index contributed by atoms with van der Waals surface area (Å²) < 4.78 is 30.3. The molecule has 25 heavy (non-hydrogen) atoms. The third kappa shape index (κ3) is 4.41. The minimum absolute atomic E-state index is 0.0516. The van der Waals surface area contributed by atoms with E-state index in [0.29, 0.717) is 5.56 Å². The number of aryl methyl sites for hydroxylation is 1. The van der Waals surface area contributed by atoms with Crippen molar-refractivity contribution in [2.75, 3.05) is 5.32 Å². The van der Waals surface area contributed by atoms with Gasteiger partial charge in [-0.2, -0.15) is 13.5 Å². The Morgan fingerprint density at radius 1 is 1.48 bits per heavy atom. The molecule has 0 saturated heterocycles. The molecule has 0 aliphatic rings. The van der Waals surface area contributed by atoms with E-state index < -0.39 is 23.3 Å². The molecule has 2 rings (SSSR count). The second kappa shape index (κ2) is 7.43. The van der Waals surface area contributed by atoms with Crippen molar-refractivity contribution in [1.29, 1.82) is 0 Å². The number of nitrogens with one attached hydrogen (secondary N) is 1. The molecule has 0 radical (unpaired) electrons. The summed E-state index contributed by atoms with van der Waals surface area (Å²) in [6.07, 6.45) is 0. The van der Waals surface area contributed by atoms with Gasteiger partial charge in [0.25, 0.3) is 0 Å². The molecule has 11 heteroatoms. The average Bonchev–Trinajstić information content (AvgIpc) is 2.78. The van der Waals surface area contributed by atoms with Crippen LogP contribution >= 0.6 is 11.6 Å². The van der Waals surface area contributed by atoms with Crippen molar-refractivity contribution < 1.29 is 23.2 Å². The molecule has 1 aromatic heterocycles. The Morgan fingerprint density at radius 3 is 2.72 bits per heavy atom. The summed E-state index contributed by atoms with van der Waals surface area (Å²) in [6, 6.07) is 4.31. The molecular weight excluding hydrogens is 362 g/mol. The topological polar surface area (TPSA) is 99.3 Å². The van der Waals surface area contributed by atoms with Crippen molar-refractivity contribution in [3.05, 3.63) is 44.6 Å². The lowest BCUT2D eigenvalue weighted by atomic mass is 10.2. The van der Waals surface area contributed by atoms with Crippen LogP contribution < -0.4 is 10.1 Å². The molecule has 1 N–H and O–H groups in total. The molecule has 0 atom stereocenters. The zero-order valence-electron chi connectivity index (χ0n) is 13.1. The summed E-state index contributed by atoms with van der Waals surface area (Å²) in [5.74, 6) is -1.40. The summed E-state index contributed by atoms with van der Waals surface area (Å²) in [7, 11) is 0. The van der Waals surface area contributed by atoms with Gasteiger partial charge < -0.3 is 20.2 Å². The van der Waals surface area contributed by atoms with Crippen molar-refractivity contribution >= 4 is 29.0 Å². The van der Waals surface area contributed by atoms with E-state index in [1.165, 1.54) is 19.1 Å². The van der Waals surface area contributed by atoms with Crippen LogP contribution in [-0.2, 0) is 11.3 Å². The lowest BCUT2D eigenvalue weighted by Gasteiger charge is -2.12. The molecule has 134 valence electrons. The fourth-order valence-electron chi connectivity index (χ4n) is 2.04. The predicted molar refractivity (Wildman–Crippen MR) is 85.1 cm³/mol. The molecular formula is C14H13ClF2N4O4. The van der Waals surface area contributed by atoms with Crippen LogP contribution in [0.3, 0.4) is 0 Å². The Kier molecular flexibility index (Phi) is 5.52. The number of nitro groups is 1. The van der Waals surface area contributed by atoms with E-state index in [9.17, 15) is 23.7 Å². The Bertz CT molecular complexity index is 825. The van der Waals surface area contributed by atoms with Gasteiger partial charge in [0.15, 0.2) is 5.02 Å². The number of anilines is 1. The van der Waals surface area contributed by atoms with Crippen molar-refractivity contribution in [1.82, 2.24) is 9.78 Å². The second-order valence-electron chi connectivity index (χ2n) is 5.06. The van der Waals surface area contributed by atoms with E-state index in [2.05, 4.69) is 15.2 Å². The molecule has 0 fully saturated rings. The van der Waals surface area contributed by atoms with E-state index in [-0.39, 0.29) is 28.7 Å². The standard InChI is InChI=1S/C14H13ClF2N4O4/c1-7-3-4-10(25-14(16)17)9(5-7)18-11(22)6-20-8(2)12(15)13(19-20)21(23)24/h3-5,14H,6H2,1-2H3,(H,18,22). The average molecular weight is 375 g/mol. The van der Waals surface area contributed by atoms with E-state index >= 15 is 0 Å². The Balaban J connectivity index is 2.20. The third-order valence-corrected chi connectivity index (χ3v) is 3.65. The molecule has 1 aromatic carbocycles. The van der Waals surface area contributed by atoms with Crippen LogP contribution in [0.2, 0.25) is 5.02 Å². The molecule has 8 nitrogen and oxygen atoms in total. The minimum atomic E-state index is -3.05. The van der Waals surface area contributed by atoms with Crippen LogP contribution in [0.1, 0.15) is 11.3 Å². The van der Waals surface area contributed by atoms with Crippen LogP contribution in [-0.4, -0.2) is 27.2 Å². The van der Waals surface area contributed by atoms with Crippen molar-refractivity contribution in [3.8, 4) is 5.75 Å². The lowest BCUT2D eigenvalue weighted by Crippen LogP contribution is -2.21. The van der Waals surface area contributed by atoms with Gasteiger partial charge in [0.1, 0.15) is 12.3 Å². The number of nitrogens with zero attached hydrogens (tertiary/aromatic N) is 3. The summed E-state index contributed by atoms with van der Waals surface area (Å²) in [4.78, 5) is 22.2. The molecule has 0 aliphatic carbocycles. The number of benzene rings is 1. The number of rotatable bonds is 6. The number of alkyl halides is 2. The van der Waals surface area contributed by atoms with Crippen LogP contribution in [0.4, 0.5) is 20.3 Å². The number of carbonyl (C=O) groups is 1. The zero-order valence-corrected chi connectivity index (χ0v) is 13.9. The number of carbonyl (C=O) groups excluding carboxylic acids is 1. The summed E-state index contributed by atoms with van der Waals surface area (Å²) >= 11 is 5.80. The van der Waals surface area contributed by atoms with Crippen LogP contribution in [0, 0.1) is 24.0 Å². The highest BCUT2D eigenvalue weighted by atomic mass is 35.5. The van der Waals surface area contributed by atoms with Gasteiger partial charge in [0, 0.05) is 0 Å². The third-order valence-electron chi connectivity index (χ3n) is 3.21. The van der Waals surface area contributed by atoms with Gasteiger partial charge in [0.05, 0.1) is 16.5 Å². The van der Waals surface area contributed by atoms with Crippen LogP contribution in [0.15, 0.2) is 18.2 Å². The van der Waals surface area contributed by atoms with Gasteiger partial charge >= 0.3 is 12.4 Å². The van der Waals surface area contributed by atoms with Gasteiger partial charge in [-0.05, 0) is 36.5 Å². The predicted octanol–water partition coefficient (Wildman–Crippen LogP) is 3.30. The van der Waals surface area contributed by atoms with Crippen LogP contribution in [0.25, 0.3) is 0 Å². The van der Waals surface area contributed by atoms with E-state index in [4.69, 9.17) is 11.6 Å². The van der Waals surface area contributed by atoms with Gasteiger partial charge in [-0.15, -0.1) is 0 Å². The number of hydrogen-bond acceptors (Lipinski definition) is 5. The second-order valence-corrected chi connectivity index (χ2v) is 5.44. The summed E-state index contributed by atoms with van der Waals surface area (Å²) in [5, 5.41) is 16.7. The van der Waals surface area contributed by atoms with Gasteiger partial charge in [-0.3, -0.25) is 4.79 Å². The Labute approximate surface area is 145 Å². The largest absolute Gasteiger partial charge is 0.433 e. The number of halogens is 3. The first-order chi connectivity index (χ1) is 11.7. The molecule has 0 unspecified atom stereocenters. The normalized spacial score (nSPS) is 10.8. The first-order valence-electron chi connectivity index (χ1n) is 6.91. The number of ether oxygens (including phenoxy) is 1.